The standard InChI is InChI=1S/C11H9F2NOS/c1-16-8-3-2-7(12)9(10(8)13)11(4-5-11)14-6-15/h2-3H,4-5H2,1H3. The van der Waals surface area contributed by atoms with Gasteiger partial charge in [0.25, 0.3) is 0 Å². The first-order valence-electron chi connectivity index (χ1n) is 4.76. The van der Waals surface area contributed by atoms with Crippen molar-refractivity contribution in [3.63, 3.8) is 0 Å². The molecule has 1 aliphatic rings. The molecule has 0 bridgehead atoms. The molecule has 0 saturated heterocycles. The van der Waals surface area contributed by atoms with Gasteiger partial charge in [0.05, 0.1) is 5.56 Å². The number of rotatable bonds is 3. The van der Waals surface area contributed by atoms with E-state index in [1.807, 2.05) is 0 Å². The fraction of sp³-hybridized carbons (Fsp3) is 0.364. The van der Waals surface area contributed by atoms with Crippen LogP contribution < -0.4 is 0 Å². The lowest BCUT2D eigenvalue weighted by atomic mass is 10.0. The van der Waals surface area contributed by atoms with Gasteiger partial charge in [0.2, 0.25) is 6.08 Å². The predicted molar refractivity (Wildman–Crippen MR) is 57.2 cm³/mol. The van der Waals surface area contributed by atoms with Gasteiger partial charge in [-0.3, -0.25) is 0 Å². The number of thioether (sulfide) groups is 1. The number of isocyanates is 1. The molecule has 0 unspecified atom stereocenters. The molecule has 16 heavy (non-hydrogen) atoms. The molecule has 1 fully saturated rings. The smallest absolute Gasteiger partial charge is 0.211 e. The summed E-state index contributed by atoms with van der Waals surface area (Å²) in [5, 5.41) is 0. The zero-order valence-electron chi connectivity index (χ0n) is 8.59. The number of hydrogen-bond donors (Lipinski definition) is 0. The van der Waals surface area contributed by atoms with E-state index in [1.165, 1.54) is 30.0 Å². The van der Waals surface area contributed by atoms with Crippen LogP contribution in [-0.2, 0) is 10.3 Å². The average Bonchev–Trinajstić information content (AvgIpc) is 2.99. The molecule has 84 valence electrons. The summed E-state index contributed by atoms with van der Waals surface area (Å²) in [6.07, 6.45) is 4.09. The van der Waals surface area contributed by atoms with Crippen LogP contribution in [0.25, 0.3) is 0 Å². The lowest BCUT2D eigenvalue weighted by Gasteiger charge is -2.12. The van der Waals surface area contributed by atoms with Crippen LogP contribution in [0.1, 0.15) is 18.4 Å². The van der Waals surface area contributed by atoms with Gasteiger partial charge >= 0.3 is 0 Å². The van der Waals surface area contributed by atoms with Gasteiger partial charge in [-0.25, -0.2) is 13.6 Å². The average molecular weight is 241 g/mol. The summed E-state index contributed by atoms with van der Waals surface area (Å²) in [5.74, 6) is -1.25. The van der Waals surface area contributed by atoms with Gasteiger partial charge in [-0.2, -0.15) is 4.99 Å². The molecule has 0 aliphatic heterocycles. The van der Waals surface area contributed by atoms with Crippen LogP contribution in [0.5, 0.6) is 0 Å². The Balaban J connectivity index is 2.60. The Morgan fingerprint density at radius 1 is 1.44 bits per heavy atom. The quantitative estimate of drug-likeness (QED) is 0.462. The maximum Gasteiger partial charge on any atom is 0.235 e. The van der Waals surface area contributed by atoms with Gasteiger partial charge < -0.3 is 0 Å². The van der Waals surface area contributed by atoms with Crippen molar-refractivity contribution in [1.82, 2.24) is 0 Å². The molecule has 2 rings (SSSR count). The van der Waals surface area contributed by atoms with E-state index in [0.717, 1.165) is 0 Å². The molecule has 1 aliphatic carbocycles. The summed E-state index contributed by atoms with van der Waals surface area (Å²) in [4.78, 5) is 14.2. The number of benzene rings is 1. The first-order valence-corrected chi connectivity index (χ1v) is 5.98. The molecule has 1 aromatic carbocycles. The fourth-order valence-electron chi connectivity index (χ4n) is 1.74. The van der Waals surface area contributed by atoms with E-state index >= 15 is 0 Å². The summed E-state index contributed by atoms with van der Waals surface area (Å²) in [6.45, 7) is 0. The van der Waals surface area contributed by atoms with Gasteiger partial charge in [0.1, 0.15) is 17.2 Å². The molecular weight excluding hydrogens is 232 g/mol. The monoisotopic (exact) mass is 241 g/mol. The van der Waals surface area contributed by atoms with Gasteiger partial charge in [0.15, 0.2) is 0 Å². The Hall–Kier alpha value is -1.19. The Morgan fingerprint density at radius 2 is 2.12 bits per heavy atom. The third kappa shape index (κ3) is 1.66. The van der Waals surface area contributed by atoms with Crippen molar-refractivity contribution in [1.29, 1.82) is 0 Å². The van der Waals surface area contributed by atoms with E-state index < -0.39 is 17.2 Å². The van der Waals surface area contributed by atoms with Gasteiger partial charge in [-0.15, -0.1) is 11.8 Å². The zero-order chi connectivity index (χ0) is 11.8. The molecule has 0 amide bonds. The fourth-order valence-corrected chi connectivity index (χ4v) is 2.23. The van der Waals surface area contributed by atoms with Crippen LogP contribution in [0.3, 0.4) is 0 Å². The lowest BCUT2D eigenvalue weighted by Crippen LogP contribution is -2.09. The van der Waals surface area contributed by atoms with Crippen LogP contribution in [0.4, 0.5) is 8.78 Å². The third-order valence-corrected chi connectivity index (χ3v) is 3.48. The number of carbonyl (C=O) groups excluding carboxylic acids is 1. The maximum absolute atomic E-state index is 13.9. The molecule has 0 spiro atoms. The van der Waals surface area contributed by atoms with Gasteiger partial charge in [-0.05, 0) is 31.2 Å². The predicted octanol–water partition coefficient (Wildman–Crippen LogP) is 3.01. The Kier molecular flexibility index (Phi) is 2.82. The highest BCUT2D eigenvalue weighted by molar-refractivity contribution is 7.98. The lowest BCUT2D eigenvalue weighted by molar-refractivity contribution is 0.502. The minimum absolute atomic E-state index is 0.0947. The summed E-state index contributed by atoms with van der Waals surface area (Å²) in [5.41, 5.74) is -1.09. The second-order valence-electron chi connectivity index (χ2n) is 3.67. The highest BCUT2D eigenvalue weighted by Gasteiger charge is 2.49. The molecule has 0 N–H and O–H groups in total. The molecule has 5 heteroatoms. The minimum atomic E-state index is -0.998. The van der Waals surface area contributed by atoms with Crippen LogP contribution in [0.15, 0.2) is 22.0 Å². The molecule has 0 aromatic heterocycles. The van der Waals surface area contributed by atoms with E-state index in [1.54, 1.807) is 6.26 Å². The first-order chi connectivity index (χ1) is 7.64. The summed E-state index contributed by atoms with van der Waals surface area (Å²) in [7, 11) is 0. The number of nitrogens with zero attached hydrogens (tertiary/aromatic N) is 1. The number of hydrogen-bond acceptors (Lipinski definition) is 3. The highest BCUT2D eigenvalue weighted by atomic mass is 32.2. The molecule has 0 heterocycles. The Labute approximate surface area is 95.8 Å². The van der Waals surface area contributed by atoms with Gasteiger partial charge in [-0.1, -0.05) is 0 Å². The van der Waals surface area contributed by atoms with Crippen LogP contribution >= 0.6 is 11.8 Å². The Morgan fingerprint density at radius 3 is 2.62 bits per heavy atom. The summed E-state index contributed by atoms with van der Waals surface area (Å²) < 4.78 is 27.5. The summed E-state index contributed by atoms with van der Waals surface area (Å²) in [6, 6.07) is 2.60. The third-order valence-electron chi connectivity index (χ3n) is 2.72. The van der Waals surface area contributed by atoms with E-state index in [2.05, 4.69) is 4.99 Å². The van der Waals surface area contributed by atoms with Crippen molar-refractivity contribution in [3.8, 4) is 0 Å². The van der Waals surface area contributed by atoms with Crippen LogP contribution in [-0.4, -0.2) is 12.3 Å². The molecule has 1 aromatic rings. The Bertz CT molecular complexity index is 479. The summed E-state index contributed by atoms with van der Waals surface area (Å²) >= 11 is 1.20. The first kappa shape index (κ1) is 11.3. The normalized spacial score (nSPS) is 16.7. The zero-order valence-corrected chi connectivity index (χ0v) is 9.41. The van der Waals surface area contributed by atoms with E-state index in [4.69, 9.17) is 0 Å². The van der Waals surface area contributed by atoms with Crippen molar-refractivity contribution in [2.75, 3.05) is 6.26 Å². The minimum Gasteiger partial charge on any atom is -0.211 e. The van der Waals surface area contributed by atoms with Gasteiger partial charge in [0, 0.05) is 4.90 Å². The van der Waals surface area contributed by atoms with Crippen molar-refractivity contribution in [3.05, 3.63) is 29.3 Å². The second-order valence-corrected chi connectivity index (χ2v) is 4.52. The maximum atomic E-state index is 13.9. The second kappa shape index (κ2) is 4.00. The van der Waals surface area contributed by atoms with Crippen molar-refractivity contribution in [2.45, 2.75) is 23.3 Å². The SMILES string of the molecule is CSc1ccc(F)c(C2(N=C=O)CC2)c1F. The molecule has 0 radical (unpaired) electrons. The van der Waals surface area contributed by atoms with Crippen molar-refractivity contribution in [2.24, 2.45) is 4.99 Å². The molecule has 0 atom stereocenters. The highest BCUT2D eigenvalue weighted by Crippen LogP contribution is 2.51. The topological polar surface area (TPSA) is 29.4 Å². The largest absolute Gasteiger partial charge is 0.235 e. The van der Waals surface area contributed by atoms with E-state index in [0.29, 0.717) is 17.7 Å². The van der Waals surface area contributed by atoms with Crippen LogP contribution in [0, 0.1) is 11.6 Å². The molecular formula is C11H9F2NOS. The van der Waals surface area contributed by atoms with Crippen LogP contribution in [0.2, 0.25) is 0 Å². The van der Waals surface area contributed by atoms with Crippen molar-refractivity contribution < 1.29 is 13.6 Å². The molecule has 1 saturated carbocycles. The van der Waals surface area contributed by atoms with E-state index in [9.17, 15) is 13.6 Å². The van der Waals surface area contributed by atoms with E-state index in [-0.39, 0.29) is 5.56 Å². The molecule has 2 nitrogen and oxygen atoms in total. The number of halogens is 2. The van der Waals surface area contributed by atoms with Crippen molar-refractivity contribution >= 4 is 17.8 Å². The number of aliphatic imine (C=N–C) groups is 1.